The zero-order valence-corrected chi connectivity index (χ0v) is 15.4. The van der Waals surface area contributed by atoms with Crippen LogP contribution in [0, 0.1) is 15.5 Å². The van der Waals surface area contributed by atoms with Crippen molar-refractivity contribution in [3.8, 4) is 12.0 Å². The van der Waals surface area contributed by atoms with Gasteiger partial charge in [0.1, 0.15) is 0 Å². The van der Waals surface area contributed by atoms with Gasteiger partial charge in [0.2, 0.25) is 0 Å². The Kier molecular flexibility index (Phi) is 6.08. The molecule has 5 heteroatoms. The molecule has 1 atom stereocenters. The summed E-state index contributed by atoms with van der Waals surface area (Å²) < 4.78 is 5.70. The van der Waals surface area contributed by atoms with Gasteiger partial charge in [-0.1, -0.05) is 20.4 Å². The summed E-state index contributed by atoms with van der Waals surface area (Å²) in [4.78, 5) is 11.5. The van der Waals surface area contributed by atoms with Crippen molar-refractivity contribution in [3.05, 3.63) is 27.3 Å². The average molecular weight is 401 g/mol. The van der Waals surface area contributed by atoms with Gasteiger partial charge in [0.25, 0.3) is 0 Å². The second-order valence-corrected chi connectivity index (χ2v) is 11.1. The Balaban J connectivity index is 2.85. The zero-order chi connectivity index (χ0) is 15.3. The molecule has 0 amide bonds. The summed E-state index contributed by atoms with van der Waals surface area (Å²) in [6.45, 7) is 6.57. The molecule has 3 nitrogen and oxygen atoms in total. The lowest BCUT2D eigenvalue weighted by Crippen LogP contribution is -2.41. The predicted octanol–water partition coefficient (Wildman–Crippen LogP) is 3.69. The number of halogens is 1. The molecule has 0 heterocycles. The Hall–Kier alpha value is -1.00. The van der Waals surface area contributed by atoms with Crippen molar-refractivity contribution in [3.63, 3.8) is 0 Å². The molecule has 20 heavy (non-hydrogen) atoms. The number of esters is 1. The molecule has 1 unspecified atom stereocenters. The molecule has 0 fully saturated rings. The number of rotatable bonds is 5. The van der Waals surface area contributed by atoms with Crippen LogP contribution >= 0.6 is 22.6 Å². The van der Waals surface area contributed by atoms with E-state index in [1.165, 1.54) is 7.11 Å². The number of terminal acetylenes is 1. The van der Waals surface area contributed by atoms with E-state index >= 15 is 0 Å². The van der Waals surface area contributed by atoms with Gasteiger partial charge in [0.15, 0.2) is 8.07 Å². The van der Waals surface area contributed by atoms with Crippen LogP contribution in [-0.2, 0) is 4.74 Å². The summed E-state index contributed by atoms with van der Waals surface area (Å²) in [6, 6.07) is 5.49. The summed E-state index contributed by atoms with van der Waals surface area (Å²) >= 11 is 2.21. The fraction of sp³-hybridized carbons (Fsp3) is 0.400. The first kappa shape index (κ1) is 17.0. The topological polar surface area (TPSA) is 38.3 Å². The number of hydrogen-bond acceptors (Lipinski definition) is 3. The van der Waals surface area contributed by atoms with E-state index in [0.717, 1.165) is 15.4 Å². The fourth-order valence-corrected chi connectivity index (χ4v) is 3.71. The van der Waals surface area contributed by atoms with Crippen molar-refractivity contribution in [2.24, 2.45) is 0 Å². The maximum Gasteiger partial charge on any atom is 0.337 e. The normalized spacial score (nSPS) is 13.4. The summed E-state index contributed by atoms with van der Waals surface area (Å²) in [5.41, 5.74) is 5.09. The van der Waals surface area contributed by atoms with E-state index in [2.05, 4.69) is 53.8 Å². The minimum absolute atomic E-state index is 0.320. The van der Waals surface area contributed by atoms with E-state index in [9.17, 15) is 4.79 Å². The van der Waals surface area contributed by atoms with Crippen LogP contribution in [0.5, 0.6) is 0 Å². The van der Waals surface area contributed by atoms with Gasteiger partial charge < -0.3 is 10.1 Å². The van der Waals surface area contributed by atoms with Gasteiger partial charge in [0, 0.05) is 15.4 Å². The summed E-state index contributed by atoms with van der Waals surface area (Å²) in [7, 11) is -0.344. The van der Waals surface area contributed by atoms with Crippen molar-refractivity contribution in [1.82, 2.24) is 0 Å². The molecular formula is C15H20INO2Si. The molecule has 0 aliphatic heterocycles. The highest BCUT2D eigenvalue weighted by molar-refractivity contribution is 14.1. The van der Waals surface area contributed by atoms with E-state index in [4.69, 9.17) is 11.2 Å². The lowest BCUT2D eigenvalue weighted by Gasteiger charge is -2.26. The van der Waals surface area contributed by atoms with E-state index < -0.39 is 8.07 Å². The Morgan fingerprint density at radius 1 is 1.55 bits per heavy atom. The minimum Gasteiger partial charge on any atom is -0.465 e. The largest absolute Gasteiger partial charge is 0.465 e. The monoisotopic (exact) mass is 401 g/mol. The predicted molar refractivity (Wildman–Crippen MR) is 94.5 cm³/mol. The number of hydrogen-bond donors (Lipinski definition) is 1. The molecule has 0 bridgehead atoms. The third-order valence-corrected chi connectivity index (χ3v) is 8.65. The van der Waals surface area contributed by atoms with Gasteiger partial charge in [-0.15, -0.1) is 12.0 Å². The Morgan fingerprint density at radius 3 is 2.65 bits per heavy atom. The molecule has 0 saturated carbocycles. The molecule has 0 aromatic heterocycles. The lowest BCUT2D eigenvalue weighted by atomic mass is 10.2. The van der Waals surface area contributed by atoms with Gasteiger partial charge in [-0.3, -0.25) is 0 Å². The van der Waals surface area contributed by atoms with Crippen molar-refractivity contribution < 1.29 is 9.53 Å². The number of carbonyl (C=O) groups is 1. The molecule has 1 aromatic rings. The highest BCUT2D eigenvalue weighted by atomic mass is 127. The molecule has 0 spiro atoms. The third-order valence-electron chi connectivity index (χ3n) is 3.64. The molecule has 0 radical (unpaired) electrons. The molecule has 1 aromatic carbocycles. The van der Waals surface area contributed by atoms with E-state index in [1.54, 1.807) is 6.07 Å². The Labute approximate surface area is 135 Å². The second-order valence-electron chi connectivity index (χ2n) is 5.26. The first-order chi connectivity index (χ1) is 9.34. The standard InChI is InChI=1S/C15H20INO2Si/c1-6-20(5,11(2)3)10-17-14-8-7-12(9-13(14)16)15(18)19-4/h1,7-9,11,17H,10H2,2-5H3. The van der Waals surface area contributed by atoms with E-state index in [-0.39, 0.29) is 5.97 Å². The van der Waals surface area contributed by atoms with Crippen molar-refractivity contribution in [1.29, 1.82) is 0 Å². The average Bonchev–Trinajstić information content (AvgIpc) is 2.44. The number of benzene rings is 1. The van der Waals surface area contributed by atoms with Gasteiger partial charge in [-0.2, -0.15) is 0 Å². The van der Waals surface area contributed by atoms with Crippen LogP contribution in [0.3, 0.4) is 0 Å². The summed E-state index contributed by atoms with van der Waals surface area (Å²) in [6.07, 6.45) is 6.53. The summed E-state index contributed by atoms with van der Waals surface area (Å²) in [5.74, 6) is -0.320. The SMILES string of the molecule is C#C[Si](C)(CNc1ccc(C(=O)OC)cc1I)C(C)C. The molecule has 1 rings (SSSR count). The molecule has 1 N–H and O–H groups in total. The molecule has 108 valence electrons. The van der Waals surface area contributed by atoms with Crippen LogP contribution in [0.1, 0.15) is 24.2 Å². The van der Waals surface area contributed by atoms with E-state index in [0.29, 0.717) is 11.1 Å². The van der Waals surface area contributed by atoms with Crippen LogP contribution in [0.15, 0.2) is 18.2 Å². The second kappa shape index (κ2) is 7.13. The molecule has 0 saturated heterocycles. The number of nitrogens with one attached hydrogen (secondary N) is 1. The zero-order valence-electron chi connectivity index (χ0n) is 12.3. The maximum atomic E-state index is 11.5. The van der Waals surface area contributed by atoms with Gasteiger partial charge in [-0.25, -0.2) is 4.79 Å². The Morgan fingerprint density at radius 2 is 2.20 bits per heavy atom. The molecule has 0 aliphatic carbocycles. The first-order valence-corrected chi connectivity index (χ1v) is 10.3. The molecular weight excluding hydrogens is 381 g/mol. The number of ether oxygens (including phenoxy) is 1. The fourth-order valence-electron chi connectivity index (χ4n) is 1.60. The number of anilines is 1. The maximum absolute atomic E-state index is 11.5. The highest BCUT2D eigenvalue weighted by Crippen LogP contribution is 2.24. The van der Waals surface area contributed by atoms with Crippen LogP contribution in [0.2, 0.25) is 12.1 Å². The van der Waals surface area contributed by atoms with Crippen molar-refractivity contribution >= 4 is 42.3 Å². The Bertz CT molecular complexity index is 539. The first-order valence-electron chi connectivity index (χ1n) is 6.43. The van der Waals surface area contributed by atoms with Crippen LogP contribution in [-0.4, -0.2) is 27.3 Å². The van der Waals surface area contributed by atoms with Crippen LogP contribution in [0.4, 0.5) is 5.69 Å². The number of methoxy groups -OCH3 is 1. The van der Waals surface area contributed by atoms with Gasteiger partial charge in [-0.05, 0) is 46.3 Å². The smallest absolute Gasteiger partial charge is 0.337 e. The number of carbonyl (C=O) groups excluding carboxylic acids is 1. The van der Waals surface area contributed by atoms with Gasteiger partial charge in [0.05, 0.1) is 12.7 Å². The van der Waals surface area contributed by atoms with Crippen LogP contribution < -0.4 is 5.32 Å². The van der Waals surface area contributed by atoms with Crippen molar-refractivity contribution in [2.75, 3.05) is 18.6 Å². The van der Waals surface area contributed by atoms with Gasteiger partial charge >= 0.3 is 5.97 Å². The quantitative estimate of drug-likeness (QED) is 0.354. The van der Waals surface area contributed by atoms with Crippen LogP contribution in [0.25, 0.3) is 0 Å². The summed E-state index contributed by atoms with van der Waals surface area (Å²) in [5, 5.41) is 3.43. The van der Waals surface area contributed by atoms with Crippen molar-refractivity contribution in [2.45, 2.75) is 25.9 Å². The third kappa shape index (κ3) is 3.99. The van der Waals surface area contributed by atoms with E-state index in [1.807, 2.05) is 12.1 Å². The highest BCUT2D eigenvalue weighted by Gasteiger charge is 2.29. The molecule has 0 aliphatic rings. The minimum atomic E-state index is -1.73. The lowest BCUT2D eigenvalue weighted by molar-refractivity contribution is 0.0600.